The molecule has 0 atom stereocenters. The summed E-state index contributed by atoms with van der Waals surface area (Å²) in [5, 5.41) is 6.54. The molecule has 4 nitrogen and oxygen atoms in total. The van der Waals surface area contributed by atoms with Crippen molar-refractivity contribution in [1.82, 2.24) is 10.6 Å². The highest BCUT2D eigenvalue weighted by atomic mass is 16.6. The van der Waals surface area contributed by atoms with Crippen molar-refractivity contribution in [2.24, 2.45) is 0 Å². The van der Waals surface area contributed by atoms with Crippen LogP contribution < -0.4 is 20.1 Å². The molecule has 0 unspecified atom stereocenters. The van der Waals surface area contributed by atoms with Gasteiger partial charge in [-0.2, -0.15) is 0 Å². The van der Waals surface area contributed by atoms with E-state index in [0.717, 1.165) is 37.6 Å². The maximum atomic E-state index is 5.55. The second-order valence-corrected chi connectivity index (χ2v) is 4.11. The van der Waals surface area contributed by atoms with Gasteiger partial charge in [0, 0.05) is 6.54 Å². The van der Waals surface area contributed by atoms with Crippen LogP contribution in [0.2, 0.25) is 0 Å². The Hall–Kier alpha value is -1.26. The summed E-state index contributed by atoms with van der Waals surface area (Å²) in [5.74, 6) is 1.72. The molecule has 0 amide bonds. The lowest BCUT2D eigenvalue weighted by atomic mass is 10.2. The van der Waals surface area contributed by atoms with Crippen LogP contribution in [0.1, 0.15) is 12.0 Å². The molecule has 17 heavy (non-hydrogen) atoms. The number of hydrogen-bond acceptors (Lipinski definition) is 4. The summed E-state index contributed by atoms with van der Waals surface area (Å²) in [4.78, 5) is 0. The Labute approximate surface area is 102 Å². The Bertz CT molecular complexity index is 355. The van der Waals surface area contributed by atoms with E-state index in [-0.39, 0.29) is 0 Å². The molecule has 1 aliphatic rings. The Morgan fingerprint density at radius 1 is 1.12 bits per heavy atom. The molecule has 0 fully saturated rings. The van der Waals surface area contributed by atoms with Crippen LogP contribution in [0.5, 0.6) is 11.5 Å². The normalized spacial score (nSPS) is 13.7. The van der Waals surface area contributed by atoms with Crippen LogP contribution in [0, 0.1) is 0 Å². The number of rotatable bonds is 6. The number of hydrogen-bond donors (Lipinski definition) is 2. The topological polar surface area (TPSA) is 42.5 Å². The van der Waals surface area contributed by atoms with E-state index in [0.29, 0.717) is 13.2 Å². The maximum absolute atomic E-state index is 5.55. The lowest BCUT2D eigenvalue weighted by Crippen LogP contribution is -2.20. The summed E-state index contributed by atoms with van der Waals surface area (Å²) in [7, 11) is 1.97. The van der Waals surface area contributed by atoms with Gasteiger partial charge in [0.05, 0.1) is 0 Å². The van der Waals surface area contributed by atoms with E-state index in [2.05, 4.69) is 22.8 Å². The zero-order valence-corrected chi connectivity index (χ0v) is 10.3. The van der Waals surface area contributed by atoms with Gasteiger partial charge in [0.2, 0.25) is 0 Å². The van der Waals surface area contributed by atoms with E-state index < -0.39 is 0 Å². The molecule has 0 aliphatic carbocycles. The highest BCUT2D eigenvalue weighted by Crippen LogP contribution is 2.30. The van der Waals surface area contributed by atoms with Crippen molar-refractivity contribution >= 4 is 0 Å². The molecule has 1 heterocycles. The van der Waals surface area contributed by atoms with Gasteiger partial charge in [0.1, 0.15) is 13.2 Å². The minimum atomic E-state index is 0.645. The monoisotopic (exact) mass is 236 g/mol. The second-order valence-electron chi connectivity index (χ2n) is 4.11. The van der Waals surface area contributed by atoms with E-state index in [1.807, 2.05) is 13.1 Å². The Morgan fingerprint density at radius 2 is 1.94 bits per heavy atom. The van der Waals surface area contributed by atoms with Crippen LogP contribution in [0.25, 0.3) is 0 Å². The van der Waals surface area contributed by atoms with E-state index in [1.165, 1.54) is 5.56 Å². The van der Waals surface area contributed by atoms with Gasteiger partial charge in [0.15, 0.2) is 11.5 Å². The number of ether oxygens (including phenoxy) is 2. The Morgan fingerprint density at radius 3 is 2.76 bits per heavy atom. The van der Waals surface area contributed by atoms with E-state index >= 15 is 0 Å². The summed E-state index contributed by atoms with van der Waals surface area (Å²) in [6, 6.07) is 6.12. The molecule has 1 aliphatic heterocycles. The molecule has 0 radical (unpaired) electrons. The largest absolute Gasteiger partial charge is 0.486 e. The number of fused-ring (bicyclic) bond motifs is 1. The Balaban J connectivity index is 1.81. The lowest BCUT2D eigenvalue weighted by molar-refractivity contribution is 0.171. The predicted octanol–water partition coefficient (Wildman–Crippen LogP) is 1.16. The zero-order valence-electron chi connectivity index (χ0n) is 10.3. The molecule has 2 rings (SSSR count). The fourth-order valence-electron chi connectivity index (χ4n) is 1.82. The smallest absolute Gasteiger partial charge is 0.161 e. The van der Waals surface area contributed by atoms with Crippen molar-refractivity contribution in [3.05, 3.63) is 23.8 Å². The second kappa shape index (κ2) is 6.47. The quantitative estimate of drug-likeness (QED) is 0.727. The summed E-state index contributed by atoms with van der Waals surface area (Å²) >= 11 is 0. The molecule has 2 N–H and O–H groups in total. The third kappa shape index (κ3) is 3.61. The van der Waals surface area contributed by atoms with E-state index in [9.17, 15) is 0 Å². The lowest BCUT2D eigenvalue weighted by Gasteiger charge is -2.19. The molecule has 1 aromatic rings. The molecule has 4 heteroatoms. The van der Waals surface area contributed by atoms with Gasteiger partial charge in [-0.3, -0.25) is 0 Å². The van der Waals surface area contributed by atoms with Gasteiger partial charge in [-0.15, -0.1) is 0 Å². The maximum Gasteiger partial charge on any atom is 0.161 e. The molecule has 0 aromatic heterocycles. The molecule has 0 spiro atoms. The summed E-state index contributed by atoms with van der Waals surface area (Å²) in [6.45, 7) is 4.24. The van der Waals surface area contributed by atoms with E-state index in [1.54, 1.807) is 0 Å². The average molecular weight is 236 g/mol. The van der Waals surface area contributed by atoms with Crippen LogP contribution in [0.15, 0.2) is 18.2 Å². The van der Waals surface area contributed by atoms with Crippen LogP contribution in [-0.2, 0) is 6.54 Å². The SMILES string of the molecule is CNCCCNCc1ccc2c(c1)OCCO2. The predicted molar refractivity (Wildman–Crippen MR) is 67.7 cm³/mol. The third-order valence-electron chi connectivity index (χ3n) is 2.72. The first-order valence-electron chi connectivity index (χ1n) is 6.14. The highest BCUT2D eigenvalue weighted by Gasteiger charge is 2.11. The van der Waals surface area contributed by atoms with Gasteiger partial charge >= 0.3 is 0 Å². The standard InChI is InChI=1S/C13H20N2O2/c1-14-5-2-6-15-10-11-3-4-12-13(9-11)17-8-7-16-12/h3-4,9,14-15H,2,5-8,10H2,1H3. The van der Waals surface area contributed by atoms with Gasteiger partial charge in [-0.05, 0) is 44.3 Å². The third-order valence-corrected chi connectivity index (χ3v) is 2.72. The van der Waals surface area contributed by atoms with E-state index in [4.69, 9.17) is 9.47 Å². The minimum Gasteiger partial charge on any atom is -0.486 e. The molecule has 94 valence electrons. The van der Waals surface area contributed by atoms with Crippen molar-refractivity contribution in [1.29, 1.82) is 0 Å². The molecule has 0 saturated carbocycles. The van der Waals surface area contributed by atoms with Crippen LogP contribution in [-0.4, -0.2) is 33.4 Å². The van der Waals surface area contributed by atoms with Crippen molar-refractivity contribution in [2.75, 3.05) is 33.4 Å². The van der Waals surface area contributed by atoms with Crippen LogP contribution in [0.4, 0.5) is 0 Å². The van der Waals surface area contributed by atoms with Gasteiger partial charge < -0.3 is 20.1 Å². The van der Waals surface area contributed by atoms with Crippen molar-refractivity contribution in [3.8, 4) is 11.5 Å². The Kier molecular flexibility index (Phi) is 4.64. The summed E-state index contributed by atoms with van der Waals surface area (Å²) in [5.41, 5.74) is 1.23. The van der Waals surface area contributed by atoms with Crippen LogP contribution in [0.3, 0.4) is 0 Å². The first kappa shape index (κ1) is 12.2. The van der Waals surface area contributed by atoms with Gasteiger partial charge in [-0.1, -0.05) is 6.07 Å². The molecule has 1 aromatic carbocycles. The van der Waals surface area contributed by atoms with Gasteiger partial charge in [-0.25, -0.2) is 0 Å². The fraction of sp³-hybridized carbons (Fsp3) is 0.538. The van der Waals surface area contributed by atoms with Crippen molar-refractivity contribution in [2.45, 2.75) is 13.0 Å². The van der Waals surface area contributed by atoms with Crippen molar-refractivity contribution < 1.29 is 9.47 Å². The minimum absolute atomic E-state index is 0.645. The summed E-state index contributed by atoms with van der Waals surface area (Å²) < 4.78 is 11.0. The highest BCUT2D eigenvalue weighted by molar-refractivity contribution is 5.43. The molecule has 0 bridgehead atoms. The van der Waals surface area contributed by atoms with Crippen LogP contribution >= 0.6 is 0 Å². The fourth-order valence-corrected chi connectivity index (χ4v) is 1.82. The average Bonchev–Trinajstić information content (AvgIpc) is 2.38. The zero-order chi connectivity index (χ0) is 11.9. The van der Waals surface area contributed by atoms with Gasteiger partial charge in [0.25, 0.3) is 0 Å². The first-order valence-corrected chi connectivity index (χ1v) is 6.14. The summed E-state index contributed by atoms with van der Waals surface area (Å²) in [6.07, 6.45) is 1.14. The molecular weight excluding hydrogens is 216 g/mol. The molecule has 0 saturated heterocycles. The first-order chi connectivity index (χ1) is 8.40. The number of nitrogens with one attached hydrogen (secondary N) is 2. The number of benzene rings is 1. The van der Waals surface area contributed by atoms with Crippen molar-refractivity contribution in [3.63, 3.8) is 0 Å². The molecular formula is C13H20N2O2.